The molecule has 0 radical (unpaired) electrons. The lowest BCUT2D eigenvalue weighted by Crippen LogP contribution is -2.26. The van der Waals surface area contributed by atoms with Crippen molar-refractivity contribution in [3.8, 4) is 0 Å². The molecule has 2 N–H and O–H groups in total. The van der Waals surface area contributed by atoms with Crippen molar-refractivity contribution < 1.29 is 0 Å². The number of rotatable bonds is 2. The maximum atomic E-state index is 5.88. The van der Waals surface area contributed by atoms with Crippen LogP contribution in [0.4, 0.5) is 0 Å². The molecule has 0 aliphatic carbocycles. The minimum Gasteiger partial charge on any atom is -0.326 e. The van der Waals surface area contributed by atoms with Crippen molar-refractivity contribution in [3.05, 3.63) is 33.8 Å². The Kier molecular flexibility index (Phi) is 3.44. The molecule has 1 aromatic rings. The van der Waals surface area contributed by atoms with Gasteiger partial charge < -0.3 is 5.73 Å². The summed E-state index contributed by atoms with van der Waals surface area (Å²) in [6.45, 7) is 5.33. The Balaban J connectivity index is 2.02. The average molecular weight is 269 g/mol. The summed E-state index contributed by atoms with van der Waals surface area (Å²) in [7, 11) is 0. The number of nitrogens with two attached hydrogens (primary N) is 1. The van der Waals surface area contributed by atoms with Crippen molar-refractivity contribution in [3.63, 3.8) is 0 Å². The van der Waals surface area contributed by atoms with Crippen LogP contribution < -0.4 is 5.73 Å². The second-order valence-electron chi connectivity index (χ2n) is 4.37. The van der Waals surface area contributed by atoms with E-state index in [1.807, 2.05) is 0 Å². The third-order valence-corrected chi connectivity index (χ3v) is 3.83. The topological polar surface area (TPSA) is 29.3 Å². The van der Waals surface area contributed by atoms with Crippen LogP contribution in [0.25, 0.3) is 0 Å². The van der Waals surface area contributed by atoms with Gasteiger partial charge in [0.15, 0.2) is 0 Å². The summed E-state index contributed by atoms with van der Waals surface area (Å²) in [5.41, 5.74) is 8.56. The number of halogens is 1. The number of hydrogen-bond acceptors (Lipinski definition) is 2. The van der Waals surface area contributed by atoms with Crippen molar-refractivity contribution in [1.82, 2.24) is 4.90 Å². The first kappa shape index (κ1) is 11.1. The van der Waals surface area contributed by atoms with Gasteiger partial charge in [-0.1, -0.05) is 28.1 Å². The predicted octanol–water partition coefficient (Wildman–Crippen LogP) is 2.29. The fourth-order valence-electron chi connectivity index (χ4n) is 2.07. The molecule has 1 aliphatic heterocycles. The Morgan fingerprint density at radius 2 is 2.33 bits per heavy atom. The molecule has 0 spiro atoms. The zero-order valence-electron chi connectivity index (χ0n) is 9.04. The zero-order valence-corrected chi connectivity index (χ0v) is 10.6. The first-order chi connectivity index (χ1) is 7.15. The normalized spacial score (nSPS) is 22.2. The molecular formula is C12H17BrN2. The Labute approximate surface area is 99.6 Å². The molecule has 0 saturated carbocycles. The second kappa shape index (κ2) is 4.64. The Morgan fingerprint density at radius 1 is 1.53 bits per heavy atom. The van der Waals surface area contributed by atoms with E-state index in [0.717, 1.165) is 26.1 Å². The summed E-state index contributed by atoms with van der Waals surface area (Å²) in [5, 5.41) is 0. The number of benzene rings is 1. The molecule has 1 saturated heterocycles. The van der Waals surface area contributed by atoms with E-state index in [2.05, 4.69) is 46.0 Å². The molecule has 2 rings (SSSR count). The van der Waals surface area contributed by atoms with Gasteiger partial charge in [-0.3, -0.25) is 4.90 Å². The van der Waals surface area contributed by atoms with Crippen LogP contribution in [-0.4, -0.2) is 24.0 Å². The van der Waals surface area contributed by atoms with Crippen LogP contribution in [0.1, 0.15) is 17.5 Å². The molecular weight excluding hydrogens is 252 g/mol. The molecule has 15 heavy (non-hydrogen) atoms. The maximum absolute atomic E-state index is 5.88. The molecule has 82 valence electrons. The van der Waals surface area contributed by atoms with Gasteiger partial charge in [-0.05, 0) is 30.5 Å². The molecule has 1 fully saturated rings. The third kappa shape index (κ3) is 2.80. The van der Waals surface area contributed by atoms with Crippen molar-refractivity contribution in [1.29, 1.82) is 0 Å². The minimum atomic E-state index is 0.376. The van der Waals surface area contributed by atoms with Crippen LogP contribution in [0, 0.1) is 6.92 Å². The Bertz CT molecular complexity index is 351. The van der Waals surface area contributed by atoms with Crippen LogP contribution in [-0.2, 0) is 6.54 Å². The van der Waals surface area contributed by atoms with Gasteiger partial charge in [0.2, 0.25) is 0 Å². The van der Waals surface area contributed by atoms with Gasteiger partial charge in [0, 0.05) is 30.1 Å². The van der Waals surface area contributed by atoms with Gasteiger partial charge in [-0.15, -0.1) is 0 Å². The van der Waals surface area contributed by atoms with Crippen LogP contribution >= 0.6 is 15.9 Å². The molecule has 2 nitrogen and oxygen atoms in total. The number of likely N-dealkylation sites (tertiary alicyclic amines) is 1. The van der Waals surface area contributed by atoms with E-state index < -0.39 is 0 Å². The lowest BCUT2D eigenvalue weighted by atomic mass is 10.1. The number of nitrogens with zero attached hydrogens (tertiary/aromatic N) is 1. The fourth-order valence-corrected chi connectivity index (χ4v) is 2.32. The van der Waals surface area contributed by atoms with Gasteiger partial charge >= 0.3 is 0 Å². The van der Waals surface area contributed by atoms with E-state index in [1.165, 1.54) is 15.6 Å². The second-order valence-corrected chi connectivity index (χ2v) is 5.22. The third-order valence-electron chi connectivity index (χ3n) is 2.94. The van der Waals surface area contributed by atoms with E-state index >= 15 is 0 Å². The number of hydrogen-bond donors (Lipinski definition) is 1. The van der Waals surface area contributed by atoms with Crippen LogP contribution in [0.2, 0.25) is 0 Å². The highest BCUT2D eigenvalue weighted by Gasteiger charge is 2.18. The summed E-state index contributed by atoms with van der Waals surface area (Å²) < 4.78 is 1.18. The smallest absolute Gasteiger partial charge is 0.0234 e. The molecule has 0 bridgehead atoms. The van der Waals surface area contributed by atoms with Crippen molar-refractivity contribution in [2.24, 2.45) is 5.73 Å². The minimum absolute atomic E-state index is 0.376. The monoisotopic (exact) mass is 268 g/mol. The summed E-state index contributed by atoms with van der Waals surface area (Å²) in [6, 6.07) is 6.93. The standard InChI is InChI=1S/C12H17BrN2/c1-9-6-10(2-3-12(9)13)7-15-5-4-11(14)8-15/h2-3,6,11H,4-5,7-8,14H2,1H3/t11-/m1/s1. The van der Waals surface area contributed by atoms with Gasteiger partial charge in [-0.2, -0.15) is 0 Å². The summed E-state index contributed by atoms with van der Waals surface area (Å²) in [4.78, 5) is 2.42. The van der Waals surface area contributed by atoms with Crippen LogP contribution in [0.15, 0.2) is 22.7 Å². The first-order valence-corrected chi connectivity index (χ1v) is 6.17. The molecule has 1 atom stereocenters. The fraction of sp³-hybridized carbons (Fsp3) is 0.500. The predicted molar refractivity (Wildman–Crippen MR) is 66.7 cm³/mol. The summed E-state index contributed by atoms with van der Waals surface area (Å²) in [5.74, 6) is 0. The SMILES string of the molecule is Cc1cc(CN2CC[C@@H](N)C2)ccc1Br. The Hall–Kier alpha value is -0.380. The average Bonchev–Trinajstić information content (AvgIpc) is 2.58. The molecule has 1 aliphatic rings. The van der Waals surface area contributed by atoms with E-state index in [0.29, 0.717) is 6.04 Å². The highest BCUT2D eigenvalue weighted by atomic mass is 79.9. The summed E-state index contributed by atoms with van der Waals surface area (Å²) in [6.07, 6.45) is 1.13. The lowest BCUT2D eigenvalue weighted by Gasteiger charge is -2.15. The number of aryl methyl sites for hydroxylation is 1. The van der Waals surface area contributed by atoms with Crippen molar-refractivity contribution in [2.45, 2.75) is 25.9 Å². The van der Waals surface area contributed by atoms with E-state index in [4.69, 9.17) is 5.73 Å². The molecule has 0 aromatic heterocycles. The zero-order chi connectivity index (χ0) is 10.8. The van der Waals surface area contributed by atoms with Gasteiger partial charge in [0.1, 0.15) is 0 Å². The van der Waals surface area contributed by atoms with Gasteiger partial charge in [-0.25, -0.2) is 0 Å². The van der Waals surface area contributed by atoms with E-state index in [9.17, 15) is 0 Å². The highest BCUT2D eigenvalue weighted by Crippen LogP contribution is 2.19. The van der Waals surface area contributed by atoms with Crippen LogP contribution in [0.5, 0.6) is 0 Å². The summed E-state index contributed by atoms with van der Waals surface area (Å²) >= 11 is 3.52. The molecule has 3 heteroatoms. The first-order valence-electron chi connectivity index (χ1n) is 5.38. The maximum Gasteiger partial charge on any atom is 0.0234 e. The lowest BCUT2D eigenvalue weighted by molar-refractivity contribution is 0.327. The molecule has 0 amide bonds. The quantitative estimate of drug-likeness (QED) is 0.892. The van der Waals surface area contributed by atoms with E-state index in [-0.39, 0.29) is 0 Å². The van der Waals surface area contributed by atoms with E-state index in [1.54, 1.807) is 0 Å². The highest BCUT2D eigenvalue weighted by molar-refractivity contribution is 9.10. The van der Waals surface area contributed by atoms with Crippen molar-refractivity contribution >= 4 is 15.9 Å². The largest absolute Gasteiger partial charge is 0.326 e. The van der Waals surface area contributed by atoms with Crippen molar-refractivity contribution in [2.75, 3.05) is 13.1 Å². The van der Waals surface area contributed by atoms with Gasteiger partial charge in [0.25, 0.3) is 0 Å². The molecule has 0 unspecified atom stereocenters. The van der Waals surface area contributed by atoms with Gasteiger partial charge in [0.05, 0.1) is 0 Å². The van der Waals surface area contributed by atoms with Crippen LogP contribution in [0.3, 0.4) is 0 Å². The molecule has 1 heterocycles. The Morgan fingerprint density at radius 3 is 2.93 bits per heavy atom. The molecule has 1 aromatic carbocycles.